The molecule has 0 amide bonds. The van der Waals surface area contributed by atoms with Crippen molar-refractivity contribution in [3.8, 4) is 5.75 Å². The molecule has 0 aliphatic carbocycles. The molecule has 7 heteroatoms. The molecule has 26 heavy (non-hydrogen) atoms. The number of nitrogens with zero attached hydrogens (tertiary/aromatic N) is 2. The molecule has 1 aromatic carbocycles. The van der Waals surface area contributed by atoms with Crippen LogP contribution in [0, 0.1) is 0 Å². The molecule has 6 nitrogen and oxygen atoms in total. The van der Waals surface area contributed by atoms with Crippen LogP contribution >= 0.6 is 24.0 Å². The van der Waals surface area contributed by atoms with Crippen LogP contribution in [0.25, 0.3) is 0 Å². The molecule has 0 saturated heterocycles. The van der Waals surface area contributed by atoms with Crippen LogP contribution in [-0.2, 0) is 6.54 Å². The largest absolute Gasteiger partial charge is 0.494 e. The zero-order valence-corrected chi connectivity index (χ0v) is 18.2. The highest BCUT2D eigenvalue weighted by Crippen LogP contribution is 2.18. The Bertz CT molecular complexity index is 659. The van der Waals surface area contributed by atoms with Crippen molar-refractivity contribution in [3.63, 3.8) is 0 Å². The Morgan fingerprint density at radius 1 is 1.19 bits per heavy atom. The minimum atomic E-state index is 0. The minimum absolute atomic E-state index is 0. The average Bonchev–Trinajstić information content (AvgIpc) is 3.13. The van der Waals surface area contributed by atoms with Crippen molar-refractivity contribution in [1.82, 2.24) is 15.5 Å². The molecule has 144 valence electrons. The summed E-state index contributed by atoms with van der Waals surface area (Å²) in [7, 11) is 5.83. The van der Waals surface area contributed by atoms with E-state index < -0.39 is 0 Å². The van der Waals surface area contributed by atoms with Gasteiger partial charge >= 0.3 is 0 Å². The zero-order chi connectivity index (χ0) is 18.1. The number of guanidine groups is 1. The van der Waals surface area contributed by atoms with Crippen molar-refractivity contribution in [2.75, 3.05) is 34.3 Å². The molecule has 2 rings (SSSR count). The first-order chi connectivity index (χ1) is 12.2. The summed E-state index contributed by atoms with van der Waals surface area (Å²) in [6, 6.07) is 12.0. The number of halogens is 1. The van der Waals surface area contributed by atoms with Gasteiger partial charge in [0.25, 0.3) is 0 Å². The van der Waals surface area contributed by atoms with Gasteiger partial charge in [0.2, 0.25) is 0 Å². The molecule has 1 heterocycles. The van der Waals surface area contributed by atoms with Crippen LogP contribution in [0.4, 0.5) is 0 Å². The number of hydrogen-bond acceptors (Lipinski definition) is 4. The van der Waals surface area contributed by atoms with E-state index in [0.717, 1.165) is 23.0 Å². The second-order valence-corrected chi connectivity index (χ2v) is 5.84. The summed E-state index contributed by atoms with van der Waals surface area (Å²) in [5.74, 6) is 2.56. The number of ether oxygens (including phenoxy) is 1. The highest BCUT2D eigenvalue weighted by Gasteiger charge is 2.17. The molecule has 1 atom stereocenters. The maximum atomic E-state index is 5.66. The summed E-state index contributed by atoms with van der Waals surface area (Å²) >= 11 is 0. The van der Waals surface area contributed by atoms with Crippen LogP contribution in [0.15, 0.2) is 52.1 Å². The van der Waals surface area contributed by atoms with Crippen LogP contribution in [0.2, 0.25) is 0 Å². The van der Waals surface area contributed by atoms with Gasteiger partial charge in [-0.15, -0.1) is 24.0 Å². The van der Waals surface area contributed by atoms with Crippen molar-refractivity contribution in [1.29, 1.82) is 0 Å². The first-order valence-electron chi connectivity index (χ1n) is 8.50. The normalized spacial score (nSPS) is 12.4. The Morgan fingerprint density at radius 3 is 2.58 bits per heavy atom. The lowest BCUT2D eigenvalue weighted by atomic mass is 10.2. The number of rotatable bonds is 8. The average molecular weight is 472 g/mol. The SMILES string of the molecule is CCOc1ccccc1CNC(=NC)NCC(c1ccco1)N(C)C.I. The Hall–Kier alpha value is -1.74. The lowest BCUT2D eigenvalue weighted by Gasteiger charge is -2.23. The number of aliphatic imine (C=N–C) groups is 1. The third-order valence-corrected chi connectivity index (χ3v) is 3.90. The number of nitrogens with one attached hydrogen (secondary N) is 2. The number of para-hydroxylation sites is 1. The van der Waals surface area contributed by atoms with Gasteiger partial charge in [-0.3, -0.25) is 9.89 Å². The summed E-state index contributed by atoms with van der Waals surface area (Å²) in [5, 5.41) is 6.69. The van der Waals surface area contributed by atoms with E-state index in [9.17, 15) is 0 Å². The van der Waals surface area contributed by atoms with Gasteiger partial charge in [-0.1, -0.05) is 18.2 Å². The molecular formula is C19H29IN4O2. The molecule has 0 aliphatic heterocycles. The topological polar surface area (TPSA) is 62.0 Å². The van der Waals surface area contributed by atoms with Gasteiger partial charge in [-0.2, -0.15) is 0 Å². The highest BCUT2D eigenvalue weighted by atomic mass is 127. The van der Waals surface area contributed by atoms with Crippen LogP contribution in [0.3, 0.4) is 0 Å². The van der Waals surface area contributed by atoms with Crippen molar-refractivity contribution < 1.29 is 9.15 Å². The third-order valence-electron chi connectivity index (χ3n) is 3.90. The molecule has 2 aromatic rings. The summed E-state index contributed by atoms with van der Waals surface area (Å²) in [6.45, 7) is 3.97. The van der Waals surface area contributed by atoms with Crippen LogP contribution in [0.1, 0.15) is 24.3 Å². The van der Waals surface area contributed by atoms with Gasteiger partial charge in [-0.25, -0.2) is 0 Å². The van der Waals surface area contributed by atoms with Crippen LogP contribution in [-0.4, -0.2) is 45.2 Å². The quantitative estimate of drug-likeness (QED) is 0.351. The molecule has 0 radical (unpaired) electrons. The third kappa shape index (κ3) is 6.53. The summed E-state index contributed by atoms with van der Waals surface area (Å²) in [6.07, 6.45) is 1.70. The van der Waals surface area contributed by atoms with E-state index in [2.05, 4.69) is 26.6 Å². The predicted molar refractivity (Wildman–Crippen MR) is 116 cm³/mol. The van der Waals surface area contributed by atoms with Crippen molar-refractivity contribution >= 4 is 29.9 Å². The van der Waals surface area contributed by atoms with E-state index in [1.165, 1.54) is 0 Å². The molecule has 2 N–H and O–H groups in total. The lowest BCUT2D eigenvalue weighted by Crippen LogP contribution is -2.41. The van der Waals surface area contributed by atoms with E-state index in [0.29, 0.717) is 19.7 Å². The molecule has 0 spiro atoms. The van der Waals surface area contributed by atoms with E-state index in [4.69, 9.17) is 9.15 Å². The van der Waals surface area contributed by atoms with Gasteiger partial charge in [0.1, 0.15) is 11.5 Å². The second-order valence-electron chi connectivity index (χ2n) is 5.84. The first kappa shape index (κ1) is 22.3. The lowest BCUT2D eigenvalue weighted by molar-refractivity contribution is 0.258. The fourth-order valence-corrected chi connectivity index (χ4v) is 2.56. The maximum absolute atomic E-state index is 5.66. The Labute approximate surface area is 173 Å². The summed E-state index contributed by atoms with van der Waals surface area (Å²) < 4.78 is 11.2. The zero-order valence-electron chi connectivity index (χ0n) is 15.9. The maximum Gasteiger partial charge on any atom is 0.191 e. The Kier molecular flexibility index (Phi) is 10.1. The van der Waals surface area contributed by atoms with Crippen LogP contribution < -0.4 is 15.4 Å². The number of benzene rings is 1. The minimum Gasteiger partial charge on any atom is -0.494 e. The number of furan rings is 1. The number of hydrogen-bond donors (Lipinski definition) is 2. The fraction of sp³-hybridized carbons (Fsp3) is 0.421. The molecule has 0 fully saturated rings. The fourth-order valence-electron chi connectivity index (χ4n) is 2.56. The Morgan fingerprint density at radius 2 is 1.96 bits per heavy atom. The van der Waals surface area contributed by atoms with Gasteiger partial charge < -0.3 is 19.8 Å². The van der Waals surface area contributed by atoms with Gasteiger partial charge in [0.15, 0.2) is 5.96 Å². The molecule has 0 saturated carbocycles. The molecule has 0 bridgehead atoms. The Balaban J connectivity index is 0.00000338. The van der Waals surface area contributed by atoms with Gasteiger partial charge in [0, 0.05) is 25.7 Å². The second kappa shape index (κ2) is 11.8. The van der Waals surface area contributed by atoms with E-state index in [1.54, 1.807) is 13.3 Å². The molecular weight excluding hydrogens is 443 g/mol. The predicted octanol–water partition coefficient (Wildman–Crippen LogP) is 3.26. The summed E-state index contributed by atoms with van der Waals surface area (Å²) in [5.41, 5.74) is 1.10. The standard InChI is InChI=1S/C19H28N4O2.HI/c1-5-24-17-10-7-6-9-15(17)13-21-19(20-2)22-14-16(23(3)4)18-11-8-12-25-18;/h6-12,16H,5,13-14H2,1-4H3,(H2,20,21,22);1H. The molecule has 1 aromatic heterocycles. The highest BCUT2D eigenvalue weighted by molar-refractivity contribution is 14.0. The van der Waals surface area contributed by atoms with Crippen molar-refractivity contribution in [2.24, 2.45) is 4.99 Å². The van der Waals surface area contributed by atoms with E-state index in [-0.39, 0.29) is 30.0 Å². The van der Waals surface area contributed by atoms with Gasteiger partial charge in [-0.05, 0) is 39.2 Å². The number of likely N-dealkylation sites (N-methyl/N-ethyl adjacent to an activating group) is 1. The van der Waals surface area contributed by atoms with Crippen molar-refractivity contribution in [2.45, 2.75) is 19.5 Å². The monoisotopic (exact) mass is 472 g/mol. The smallest absolute Gasteiger partial charge is 0.191 e. The first-order valence-corrected chi connectivity index (χ1v) is 8.50. The molecule has 0 aliphatic rings. The van der Waals surface area contributed by atoms with E-state index >= 15 is 0 Å². The van der Waals surface area contributed by atoms with E-state index in [1.807, 2.05) is 51.4 Å². The molecule has 1 unspecified atom stereocenters. The van der Waals surface area contributed by atoms with Crippen molar-refractivity contribution in [3.05, 3.63) is 54.0 Å². The van der Waals surface area contributed by atoms with Crippen LogP contribution in [0.5, 0.6) is 5.75 Å². The summed E-state index contributed by atoms with van der Waals surface area (Å²) in [4.78, 5) is 6.41. The van der Waals surface area contributed by atoms with Gasteiger partial charge in [0.05, 0.1) is 18.9 Å².